The van der Waals surface area contributed by atoms with E-state index in [1.54, 1.807) is 24.1 Å². The lowest BCUT2D eigenvalue weighted by molar-refractivity contribution is -0.152. The van der Waals surface area contributed by atoms with Gasteiger partial charge in [0.25, 0.3) is 5.91 Å². The molecule has 1 aliphatic heterocycles. The molecule has 0 bridgehead atoms. The predicted octanol–water partition coefficient (Wildman–Crippen LogP) is 3.94. The summed E-state index contributed by atoms with van der Waals surface area (Å²) in [6.07, 6.45) is -0.330. The molecule has 2 aromatic rings. The summed E-state index contributed by atoms with van der Waals surface area (Å²) >= 11 is 1.43. The first-order valence-electron chi connectivity index (χ1n) is 11.5. The predicted molar refractivity (Wildman–Crippen MR) is 135 cm³/mol. The number of methoxy groups -OCH3 is 1. The van der Waals surface area contributed by atoms with Crippen molar-refractivity contribution in [3.8, 4) is 5.75 Å². The quantitative estimate of drug-likeness (QED) is 0.479. The van der Waals surface area contributed by atoms with Crippen molar-refractivity contribution in [2.45, 2.75) is 36.5 Å². The van der Waals surface area contributed by atoms with E-state index >= 15 is 0 Å². The average Bonchev–Trinajstić information content (AvgIpc) is 2.95. The molecule has 0 radical (unpaired) electrons. The van der Waals surface area contributed by atoms with E-state index in [1.807, 2.05) is 56.3 Å². The number of rotatable bonds is 9. The number of benzene rings is 2. The van der Waals surface area contributed by atoms with Gasteiger partial charge in [0.2, 0.25) is 0 Å². The third-order valence-corrected chi connectivity index (χ3v) is 6.84. The van der Waals surface area contributed by atoms with Gasteiger partial charge in [-0.15, -0.1) is 11.8 Å². The Kier molecular flexibility index (Phi) is 9.17. The number of hydrogen-bond donors (Lipinski definition) is 0. The van der Waals surface area contributed by atoms with Gasteiger partial charge in [-0.2, -0.15) is 0 Å². The van der Waals surface area contributed by atoms with Crippen LogP contribution in [-0.2, 0) is 19.1 Å². The Hall–Kier alpha value is -3.04. The van der Waals surface area contributed by atoms with Crippen molar-refractivity contribution in [1.82, 2.24) is 4.90 Å². The zero-order chi connectivity index (χ0) is 25.5. The maximum absolute atomic E-state index is 13.9. The molecule has 3 rings (SSSR count). The van der Waals surface area contributed by atoms with Crippen molar-refractivity contribution in [1.29, 1.82) is 0 Å². The monoisotopic (exact) mass is 500 g/mol. The Morgan fingerprint density at radius 1 is 1.11 bits per heavy atom. The van der Waals surface area contributed by atoms with Crippen molar-refractivity contribution >= 4 is 35.3 Å². The lowest BCUT2D eigenvalue weighted by Gasteiger charge is -2.28. The molecule has 1 aliphatic rings. The normalized spacial score (nSPS) is 17.5. The highest BCUT2D eigenvalue weighted by molar-refractivity contribution is 7.99. The van der Waals surface area contributed by atoms with Gasteiger partial charge in [0.1, 0.15) is 5.75 Å². The third kappa shape index (κ3) is 6.55. The molecule has 9 heteroatoms. The minimum atomic E-state index is -1.05. The third-order valence-electron chi connectivity index (χ3n) is 5.47. The van der Waals surface area contributed by atoms with Gasteiger partial charge < -0.3 is 24.0 Å². The molecule has 8 nitrogen and oxygen atoms in total. The van der Waals surface area contributed by atoms with Crippen molar-refractivity contribution in [2.24, 2.45) is 0 Å². The van der Waals surface area contributed by atoms with E-state index in [0.29, 0.717) is 43.1 Å². The van der Waals surface area contributed by atoms with Crippen LogP contribution in [0.1, 0.15) is 41.4 Å². The summed E-state index contributed by atoms with van der Waals surface area (Å²) in [7, 11) is 5.42. The number of hydrogen-bond acceptors (Lipinski definition) is 8. The van der Waals surface area contributed by atoms with E-state index in [9.17, 15) is 14.4 Å². The van der Waals surface area contributed by atoms with Crippen LogP contribution in [0, 0.1) is 0 Å². The zero-order valence-corrected chi connectivity index (χ0v) is 21.6. The van der Waals surface area contributed by atoms with Crippen LogP contribution in [0.3, 0.4) is 0 Å². The van der Waals surface area contributed by atoms with Crippen molar-refractivity contribution in [2.75, 3.05) is 45.8 Å². The highest BCUT2D eigenvalue weighted by Gasteiger charge is 2.41. The largest absolute Gasteiger partial charge is 0.497 e. The number of anilines is 1. The summed E-state index contributed by atoms with van der Waals surface area (Å²) in [5, 5.41) is -0.488. The number of fused-ring (bicyclic) bond motifs is 1. The Morgan fingerprint density at radius 3 is 2.43 bits per heavy atom. The summed E-state index contributed by atoms with van der Waals surface area (Å²) < 4.78 is 16.2. The second-order valence-corrected chi connectivity index (χ2v) is 9.64. The van der Waals surface area contributed by atoms with Crippen LogP contribution in [0.5, 0.6) is 5.75 Å². The lowest BCUT2D eigenvalue weighted by atomic mass is 10.1. The van der Waals surface area contributed by atoms with Gasteiger partial charge >= 0.3 is 11.9 Å². The zero-order valence-electron chi connectivity index (χ0n) is 20.8. The maximum Gasteiger partial charge on any atom is 0.338 e. The first-order chi connectivity index (χ1) is 16.7. The molecule has 35 heavy (non-hydrogen) atoms. The van der Waals surface area contributed by atoms with Crippen LogP contribution in [0.25, 0.3) is 0 Å². The molecular formula is C26H32N2O6S. The summed E-state index contributed by atoms with van der Waals surface area (Å²) in [6.45, 7) is 4.49. The number of likely N-dealkylation sites (N-methyl/N-ethyl adjacent to an activating group) is 1. The van der Waals surface area contributed by atoms with Crippen LogP contribution >= 0.6 is 11.8 Å². The van der Waals surface area contributed by atoms with Gasteiger partial charge in [-0.25, -0.2) is 4.79 Å². The van der Waals surface area contributed by atoms with Crippen LogP contribution in [0.4, 0.5) is 5.69 Å². The summed E-state index contributed by atoms with van der Waals surface area (Å²) in [5.41, 5.74) is 1.79. The molecule has 2 atom stereocenters. The Bertz CT molecular complexity index is 1060. The second-order valence-electron chi connectivity index (χ2n) is 8.45. The minimum absolute atomic E-state index is 0.321. The van der Waals surface area contributed by atoms with E-state index in [-0.39, 0.29) is 5.91 Å². The Morgan fingerprint density at radius 2 is 1.83 bits per heavy atom. The number of thioether (sulfide) groups is 1. The van der Waals surface area contributed by atoms with Gasteiger partial charge in [-0.3, -0.25) is 9.59 Å². The lowest BCUT2D eigenvalue weighted by Crippen LogP contribution is -2.45. The summed E-state index contributed by atoms with van der Waals surface area (Å²) in [5.74, 6) is -0.629. The number of amides is 1. The smallest absolute Gasteiger partial charge is 0.338 e. The van der Waals surface area contributed by atoms with Gasteiger partial charge in [0.05, 0.1) is 30.2 Å². The van der Waals surface area contributed by atoms with E-state index in [4.69, 9.17) is 14.2 Å². The van der Waals surface area contributed by atoms with E-state index in [0.717, 1.165) is 10.5 Å². The molecule has 0 saturated heterocycles. The molecule has 2 unspecified atom stereocenters. The van der Waals surface area contributed by atoms with Gasteiger partial charge in [0.15, 0.2) is 6.10 Å². The van der Waals surface area contributed by atoms with Gasteiger partial charge in [-0.05, 0) is 56.4 Å². The highest BCUT2D eigenvalue weighted by atomic mass is 32.2. The number of carbonyl (C=O) groups excluding carboxylic acids is 3. The van der Waals surface area contributed by atoms with Crippen molar-refractivity contribution < 1.29 is 28.6 Å². The Balaban J connectivity index is 2.10. The fourth-order valence-electron chi connectivity index (χ4n) is 3.69. The standard InChI is InChI=1S/C26H32N2O6S/c1-6-15-33-26(31)19-9-12-22-21(16-19)28(14-13-27(3)4)25(30)23(34-17(2)29)24(35-22)18-7-10-20(32-5)11-8-18/h7-12,16,23-24H,6,13-15H2,1-5H3. The molecule has 0 aromatic heterocycles. The maximum atomic E-state index is 13.9. The fourth-order valence-corrected chi connectivity index (χ4v) is 4.99. The van der Waals surface area contributed by atoms with E-state index in [1.165, 1.54) is 18.7 Å². The molecule has 1 heterocycles. The highest BCUT2D eigenvalue weighted by Crippen LogP contribution is 2.47. The van der Waals surface area contributed by atoms with Crippen molar-refractivity contribution in [3.05, 3.63) is 53.6 Å². The fraction of sp³-hybridized carbons (Fsp3) is 0.423. The number of esters is 2. The first-order valence-corrected chi connectivity index (χ1v) is 12.4. The van der Waals surface area contributed by atoms with Gasteiger partial charge in [-0.1, -0.05) is 19.1 Å². The molecule has 0 saturated carbocycles. The summed E-state index contributed by atoms with van der Waals surface area (Å²) in [4.78, 5) is 42.9. The number of ether oxygens (including phenoxy) is 3. The molecule has 0 N–H and O–H groups in total. The van der Waals surface area contributed by atoms with Crippen LogP contribution < -0.4 is 9.64 Å². The molecule has 1 amide bonds. The molecule has 0 fully saturated rings. The molecular weight excluding hydrogens is 468 g/mol. The number of nitrogens with zero attached hydrogens (tertiary/aromatic N) is 2. The topological polar surface area (TPSA) is 85.4 Å². The van der Waals surface area contributed by atoms with E-state index < -0.39 is 23.3 Å². The minimum Gasteiger partial charge on any atom is -0.497 e. The average molecular weight is 501 g/mol. The Labute approximate surface area is 210 Å². The second kappa shape index (κ2) is 12.1. The van der Waals surface area contributed by atoms with Crippen LogP contribution in [0.2, 0.25) is 0 Å². The molecule has 0 aliphatic carbocycles. The number of carbonyl (C=O) groups is 3. The van der Waals surface area contributed by atoms with Crippen LogP contribution in [-0.4, -0.2) is 69.8 Å². The van der Waals surface area contributed by atoms with E-state index in [2.05, 4.69) is 0 Å². The summed E-state index contributed by atoms with van der Waals surface area (Å²) in [6, 6.07) is 12.6. The van der Waals surface area contributed by atoms with Crippen molar-refractivity contribution in [3.63, 3.8) is 0 Å². The molecule has 0 spiro atoms. The molecule has 188 valence electrons. The van der Waals surface area contributed by atoms with Gasteiger partial charge in [0, 0.05) is 24.9 Å². The first kappa shape index (κ1) is 26.6. The van der Waals surface area contributed by atoms with Crippen LogP contribution in [0.15, 0.2) is 47.4 Å². The molecule has 2 aromatic carbocycles. The SMILES string of the molecule is CCCOC(=O)c1ccc2c(c1)N(CCN(C)C)C(=O)C(OC(C)=O)C(c1ccc(OC)cc1)S2.